The van der Waals surface area contributed by atoms with Gasteiger partial charge in [0, 0.05) is 64.5 Å². The second kappa shape index (κ2) is 6.53. The maximum atomic E-state index is 12.8. The summed E-state index contributed by atoms with van der Waals surface area (Å²) in [4.78, 5) is 2.44. The van der Waals surface area contributed by atoms with Crippen LogP contribution in [0.2, 0.25) is 0 Å². The lowest BCUT2D eigenvalue weighted by molar-refractivity contribution is -0.141. The second-order valence-corrected chi connectivity index (χ2v) is 10.0. The second-order valence-electron chi connectivity index (χ2n) is 8.60. The van der Waals surface area contributed by atoms with Gasteiger partial charge in [0.2, 0.25) is 0 Å². The number of hydrogen-bond donors (Lipinski definition) is 0. The number of nitrogens with zero attached hydrogens (tertiary/aromatic N) is 4. The molecule has 1 atom stereocenters. The summed E-state index contributed by atoms with van der Waals surface area (Å²) in [5, 5.41) is 3.55. The third kappa shape index (κ3) is 3.68. The quantitative estimate of drug-likeness (QED) is 0.767. The largest absolute Gasteiger partial charge is 0.435 e. The summed E-state index contributed by atoms with van der Waals surface area (Å²) in [6.07, 6.45) is -2.37. The Balaban J connectivity index is 1.30. The predicted octanol–water partition coefficient (Wildman–Crippen LogP) is 1.90. The number of halogens is 3. The fourth-order valence-corrected chi connectivity index (χ4v) is 6.01. The summed E-state index contributed by atoms with van der Waals surface area (Å²) in [6, 6.07) is 0.889. The third-order valence-corrected chi connectivity index (χ3v) is 7.45. The van der Waals surface area contributed by atoms with Gasteiger partial charge in [-0.25, -0.2) is 8.51 Å². The highest BCUT2D eigenvalue weighted by Crippen LogP contribution is 2.43. The molecule has 0 N–H and O–H groups in total. The van der Waals surface area contributed by atoms with Crippen LogP contribution >= 0.6 is 0 Å². The van der Waals surface area contributed by atoms with E-state index in [1.54, 1.807) is 4.31 Å². The molecule has 1 aromatic rings. The molecule has 0 bridgehead atoms. The summed E-state index contributed by atoms with van der Waals surface area (Å²) in [6.45, 7) is 8.26. The first kappa shape index (κ1) is 19.4. The van der Waals surface area contributed by atoms with Crippen molar-refractivity contribution in [3.05, 3.63) is 11.8 Å². The lowest BCUT2D eigenvalue weighted by Gasteiger charge is -2.61. The van der Waals surface area contributed by atoms with Crippen LogP contribution in [0.4, 0.5) is 13.2 Å². The highest BCUT2D eigenvalue weighted by atomic mass is 32.2. The molecule has 0 amide bonds. The van der Waals surface area contributed by atoms with Crippen LogP contribution < -0.4 is 0 Å². The zero-order valence-electron chi connectivity index (χ0n) is 15.6. The minimum atomic E-state index is -4.52. The van der Waals surface area contributed by atoms with Crippen molar-refractivity contribution >= 4 is 11.0 Å². The van der Waals surface area contributed by atoms with Crippen LogP contribution in [0, 0.1) is 10.8 Å². The van der Waals surface area contributed by atoms with Gasteiger partial charge in [0.05, 0.1) is 0 Å². The molecule has 4 rings (SSSR count). The molecule has 0 aromatic carbocycles. The van der Waals surface area contributed by atoms with Crippen LogP contribution in [0.25, 0.3) is 0 Å². The Morgan fingerprint density at radius 2 is 1.85 bits per heavy atom. The molecular weight excluding hydrogens is 381 g/mol. The van der Waals surface area contributed by atoms with Gasteiger partial charge in [0.15, 0.2) is 5.69 Å². The minimum absolute atomic E-state index is 0.100. The molecule has 3 aliphatic heterocycles. The molecule has 0 aliphatic carbocycles. The summed E-state index contributed by atoms with van der Waals surface area (Å²) in [5.74, 6) is 0. The normalized spacial score (nSPS) is 26.6. The number of hydrogen-bond acceptors (Lipinski definition) is 4. The van der Waals surface area contributed by atoms with Crippen LogP contribution in [-0.2, 0) is 28.9 Å². The van der Waals surface area contributed by atoms with Crippen LogP contribution in [0.1, 0.15) is 25.5 Å². The molecule has 3 saturated heterocycles. The van der Waals surface area contributed by atoms with Crippen LogP contribution in [0.3, 0.4) is 0 Å². The zero-order chi connectivity index (χ0) is 19.4. The lowest BCUT2D eigenvalue weighted by Crippen LogP contribution is -2.72. The van der Waals surface area contributed by atoms with E-state index in [0.717, 1.165) is 56.4 Å². The number of aromatic nitrogens is 2. The molecule has 0 radical (unpaired) electrons. The van der Waals surface area contributed by atoms with E-state index >= 15 is 0 Å². The maximum absolute atomic E-state index is 12.8. The Labute approximate surface area is 159 Å². The average Bonchev–Trinajstić information content (AvgIpc) is 2.90. The van der Waals surface area contributed by atoms with Gasteiger partial charge in [-0.05, 0) is 18.3 Å². The summed E-state index contributed by atoms with van der Waals surface area (Å²) < 4.78 is 59.3. The summed E-state index contributed by atoms with van der Waals surface area (Å²) in [5.41, 5.74) is -0.555. The molecule has 0 saturated carbocycles. The number of rotatable bonds is 4. The van der Waals surface area contributed by atoms with Crippen molar-refractivity contribution in [2.45, 2.75) is 31.0 Å². The van der Waals surface area contributed by atoms with Gasteiger partial charge in [0.25, 0.3) is 0 Å². The highest BCUT2D eigenvalue weighted by molar-refractivity contribution is 7.82. The molecule has 3 aliphatic rings. The van der Waals surface area contributed by atoms with Crippen LogP contribution in [0.5, 0.6) is 0 Å². The van der Waals surface area contributed by atoms with E-state index in [0.29, 0.717) is 18.5 Å². The van der Waals surface area contributed by atoms with Gasteiger partial charge in [-0.2, -0.15) is 18.3 Å². The van der Waals surface area contributed by atoms with E-state index < -0.39 is 22.9 Å². The Bertz CT molecular complexity index is 731. The zero-order valence-corrected chi connectivity index (χ0v) is 16.4. The van der Waals surface area contributed by atoms with E-state index in [2.05, 4.69) is 16.9 Å². The number of aryl methyl sites for hydroxylation is 1. The average molecular weight is 406 g/mol. The molecule has 27 heavy (non-hydrogen) atoms. The standard InChI is InChI=1S/C17H25F3N4O2S/c1-15(3-5-26-6-4-15)8-23-9-16(10-23)11-24(12-16)27(25)14-7-13(17(18,19)20)21-22(14)2/h7H,3-6,8-12H2,1-2H3. The molecule has 152 valence electrons. The van der Waals surface area contributed by atoms with E-state index in [1.807, 2.05) is 0 Å². The topological polar surface area (TPSA) is 50.6 Å². The van der Waals surface area contributed by atoms with E-state index in [4.69, 9.17) is 4.74 Å². The fourth-order valence-electron chi connectivity index (χ4n) is 4.48. The van der Waals surface area contributed by atoms with E-state index in [-0.39, 0.29) is 10.4 Å². The molecular formula is C17H25F3N4O2S. The first-order chi connectivity index (χ1) is 12.6. The van der Waals surface area contributed by atoms with Gasteiger partial charge in [-0.1, -0.05) is 6.92 Å². The van der Waals surface area contributed by atoms with Crippen molar-refractivity contribution < 1.29 is 22.1 Å². The van der Waals surface area contributed by atoms with E-state index in [1.165, 1.54) is 7.05 Å². The molecule has 4 heterocycles. The van der Waals surface area contributed by atoms with Gasteiger partial charge < -0.3 is 9.64 Å². The summed E-state index contributed by atoms with van der Waals surface area (Å²) in [7, 11) is -0.208. The first-order valence-electron chi connectivity index (χ1n) is 9.18. The monoisotopic (exact) mass is 406 g/mol. The molecule has 3 fully saturated rings. The van der Waals surface area contributed by atoms with Gasteiger partial charge in [-0.15, -0.1) is 0 Å². The molecule has 10 heteroatoms. The van der Waals surface area contributed by atoms with Crippen LogP contribution in [0.15, 0.2) is 11.1 Å². The first-order valence-corrected chi connectivity index (χ1v) is 10.3. The number of alkyl halides is 3. The van der Waals surface area contributed by atoms with Crippen LogP contribution in [-0.4, -0.2) is 69.1 Å². The van der Waals surface area contributed by atoms with Crippen molar-refractivity contribution in [3.63, 3.8) is 0 Å². The van der Waals surface area contributed by atoms with Gasteiger partial charge >= 0.3 is 6.18 Å². The van der Waals surface area contributed by atoms with Crippen molar-refractivity contribution in [1.29, 1.82) is 0 Å². The van der Waals surface area contributed by atoms with Crippen molar-refractivity contribution in [1.82, 2.24) is 19.0 Å². The smallest absolute Gasteiger partial charge is 0.381 e. The van der Waals surface area contributed by atoms with Crippen molar-refractivity contribution in [3.8, 4) is 0 Å². The Morgan fingerprint density at radius 3 is 2.41 bits per heavy atom. The minimum Gasteiger partial charge on any atom is -0.381 e. The molecule has 1 aromatic heterocycles. The van der Waals surface area contributed by atoms with Gasteiger partial charge in [-0.3, -0.25) is 4.68 Å². The predicted molar refractivity (Wildman–Crippen MR) is 93.2 cm³/mol. The third-order valence-electron chi connectivity index (χ3n) is 5.99. The van der Waals surface area contributed by atoms with Crippen molar-refractivity contribution in [2.75, 3.05) is 45.9 Å². The van der Waals surface area contributed by atoms with E-state index in [9.17, 15) is 17.4 Å². The molecule has 6 nitrogen and oxygen atoms in total. The molecule has 1 unspecified atom stereocenters. The number of ether oxygens (including phenoxy) is 1. The SMILES string of the molecule is Cn1nc(C(F)(F)F)cc1S(=O)N1CC2(CN(CC3(C)CCOCC3)C2)C1. The van der Waals surface area contributed by atoms with Crippen molar-refractivity contribution in [2.24, 2.45) is 17.9 Å². The Kier molecular flexibility index (Phi) is 4.68. The van der Waals surface area contributed by atoms with Gasteiger partial charge in [0.1, 0.15) is 16.0 Å². The maximum Gasteiger partial charge on any atom is 0.435 e. The number of likely N-dealkylation sites (tertiary alicyclic amines) is 1. The summed E-state index contributed by atoms with van der Waals surface area (Å²) >= 11 is 0. The highest BCUT2D eigenvalue weighted by Gasteiger charge is 2.54. The Morgan fingerprint density at radius 1 is 1.22 bits per heavy atom. The molecule has 1 spiro atoms. The Hall–Kier alpha value is -0.970. The fraction of sp³-hybridized carbons (Fsp3) is 0.824. The lowest BCUT2D eigenvalue weighted by atomic mass is 9.72.